The molecule has 1 aromatic carbocycles. The number of rotatable bonds is 4. The van der Waals surface area contributed by atoms with Gasteiger partial charge in [-0.25, -0.2) is 9.78 Å². The van der Waals surface area contributed by atoms with Crippen molar-refractivity contribution in [3.05, 3.63) is 81.0 Å². The van der Waals surface area contributed by atoms with Crippen molar-refractivity contribution >= 4 is 39.9 Å². The molecule has 1 aliphatic carbocycles. The molecule has 0 N–H and O–H groups in total. The number of fused-ring (bicyclic) bond motifs is 2. The highest BCUT2D eigenvalue weighted by Crippen LogP contribution is 2.38. The fourth-order valence-corrected chi connectivity index (χ4v) is 4.43. The summed E-state index contributed by atoms with van der Waals surface area (Å²) < 4.78 is 10.7. The molecule has 5 rings (SSSR count). The maximum atomic E-state index is 13.1. The molecule has 0 atom stereocenters. The summed E-state index contributed by atoms with van der Waals surface area (Å²) in [6.07, 6.45) is 3.80. The molecule has 6 heteroatoms. The normalized spacial score (nSPS) is 14.4. The van der Waals surface area contributed by atoms with E-state index in [1.54, 1.807) is 17.4 Å². The zero-order valence-electron chi connectivity index (χ0n) is 15.8. The molecule has 0 fully saturated rings. The van der Waals surface area contributed by atoms with E-state index in [2.05, 4.69) is 22.7 Å². The average Bonchev–Trinajstić information content (AvgIpc) is 3.47. The van der Waals surface area contributed by atoms with Crippen LogP contribution in [0.2, 0.25) is 0 Å². The summed E-state index contributed by atoms with van der Waals surface area (Å²) in [6, 6.07) is 13.6. The number of para-hydroxylation sites is 1. The van der Waals surface area contributed by atoms with Crippen molar-refractivity contribution in [2.24, 2.45) is 0 Å². The first-order chi connectivity index (χ1) is 14.2. The Kier molecular flexibility index (Phi) is 4.48. The predicted octanol–water partition coefficient (Wildman–Crippen LogP) is 5.44. The largest absolute Gasteiger partial charge is 0.454 e. The number of allylic oxidation sites excluding steroid dienone is 1. The van der Waals surface area contributed by atoms with Crippen LogP contribution in [0.4, 0.5) is 0 Å². The molecule has 4 aromatic rings. The Morgan fingerprint density at radius 3 is 2.93 bits per heavy atom. The molecule has 0 saturated carbocycles. The maximum Gasteiger partial charge on any atom is 0.339 e. The van der Waals surface area contributed by atoms with Gasteiger partial charge in [0.25, 0.3) is 0 Å². The van der Waals surface area contributed by atoms with Crippen molar-refractivity contribution < 1.29 is 14.1 Å². The fraction of sp³-hybridized carbons (Fsp3) is 0.174. The first kappa shape index (κ1) is 17.8. The smallest absolute Gasteiger partial charge is 0.339 e. The maximum absolute atomic E-state index is 13.1. The van der Waals surface area contributed by atoms with Crippen LogP contribution in [0.1, 0.15) is 44.4 Å². The highest BCUT2D eigenvalue weighted by molar-refractivity contribution is 7.10. The number of thiophene rings is 1. The summed E-state index contributed by atoms with van der Waals surface area (Å²) in [7, 11) is 0. The molecule has 3 heterocycles. The van der Waals surface area contributed by atoms with E-state index < -0.39 is 0 Å². The number of benzene rings is 1. The third kappa shape index (κ3) is 3.36. The van der Waals surface area contributed by atoms with Gasteiger partial charge in [-0.3, -0.25) is 0 Å². The lowest BCUT2D eigenvalue weighted by Gasteiger charge is -2.11. The monoisotopic (exact) mass is 402 g/mol. The summed E-state index contributed by atoms with van der Waals surface area (Å²) in [5.74, 6) is 0.176. The standard InChI is InChI=1S/C23H18N2O3S/c1-14-11-16(28-25-14)13-27-23(26)21-18-6-2-3-7-20(18)24-22-15(8-9-19(21)22)12-17-5-4-10-29-17/h2-7,10-12H,8-9,13H2,1H3/b15-12+. The third-order valence-electron chi connectivity index (χ3n) is 5.03. The molecule has 0 bridgehead atoms. The Balaban J connectivity index is 1.56. The molecule has 0 amide bonds. The molecule has 3 aromatic heterocycles. The van der Waals surface area contributed by atoms with Gasteiger partial charge < -0.3 is 9.26 Å². The minimum atomic E-state index is -0.355. The van der Waals surface area contributed by atoms with Gasteiger partial charge in [-0.15, -0.1) is 11.3 Å². The SMILES string of the molecule is Cc1cc(COC(=O)c2c3c(nc4ccccc24)/C(=C/c2cccs2)CC3)on1. The number of hydrogen-bond donors (Lipinski definition) is 0. The van der Waals surface area contributed by atoms with Gasteiger partial charge in [-0.1, -0.05) is 29.4 Å². The summed E-state index contributed by atoms with van der Waals surface area (Å²) in [4.78, 5) is 19.2. The summed E-state index contributed by atoms with van der Waals surface area (Å²) >= 11 is 1.69. The van der Waals surface area contributed by atoms with Crippen LogP contribution in [0.15, 0.2) is 52.4 Å². The molecule has 144 valence electrons. The molecular formula is C23H18N2O3S. The Labute approximate surface area is 171 Å². The Bertz CT molecular complexity index is 1240. The van der Waals surface area contributed by atoms with E-state index in [9.17, 15) is 4.79 Å². The van der Waals surface area contributed by atoms with Gasteiger partial charge >= 0.3 is 5.97 Å². The van der Waals surface area contributed by atoms with E-state index in [-0.39, 0.29) is 12.6 Å². The molecule has 0 saturated heterocycles. The molecule has 5 nitrogen and oxygen atoms in total. The number of aromatic nitrogens is 2. The molecule has 0 unspecified atom stereocenters. The Morgan fingerprint density at radius 1 is 1.24 bits per heavy atom. The quantitative estimate of drug-likeness (QED) is 0.426. The summed E-state index contributed by atoms with van der Waals surface area (Å²) in [5.41, 5.74) is 5.19. The van der Waals surface area contributed by atoms with E-state index in [1.165, 1.54) is 4.88 Å². The number of aryl methyl sites for hydroxylation is 1. The van der Waals surface area contributed by atoms with Crippen molar-refractivity contribution in [2.45, 2.75) is 26.4 Å². The molecule has 0 aliphatic heterocycles. The lowest BCUT2D eigenvalue weighted by atomic mass is 10.0. The summed E-state index contributed by atoms with van der Waals surface area (Å²) in [6.45, 7) is 1.89. The van der Waals surface area contributed by atoms with Crippen molar-refractivity contribution in [1.29, 1.82) is 0 Å². The number of pyridine rings is 1. The van der Waals surface area contributed by atoms with Crippen molar-refractivity contribution in [3.8, 4) is 0 Å². The van der Waals surface area contributed by atoms with E-state index >= 15 is 0 Å². The second kappa shape index (κ2) is 7.29. The number of nitrogens with zero attached hydrogens (tertiary/aromatic N) is 2. The van der Waals surface area contributed by atoms with Crippen molar-refractivity contribution in [3.63, 3.8) is 0 Å². The number of ether oxygens (including phenoxy) is 1. The van der Waals surface area contributed by atoms with Crippen LogP contribution in [0, 0.1) is 6.92 Å². The predicted molar refractivity (Wildman–Crippen MR) is 113 cm³/mol. The van der Waals surface area contributed by atoms with Crippen molar-refractivity contribution in [1.82, 2.24) is 10.1 Å². The fourth-order valence-electron chi connectivity index (χ4n) is 3.75. The number of carbonyl (C=O) groups is 1. The van der Waals surface area contributed by atoms with Crippen LogP contribution in [0.3, 0.4) is 0 Å². The van der Waals surface area contributed by atoms with Gasteiger partial charge in [-0.05, 0) is 54.5 Å². The van der Waals surface area contributed by atoms with Crippen LogP contribution in [0.25, 0.3) is 22.6 Å². The molecule has 1 aliphatic rings. The van der Waals surface area contributed by atoms with Gasteiger partial charge in [0.2, 0.25) is 0 Å². The Hall–Kier alpha value is -3.25. The lowest BCUT2D eigenvalue weighted by molar-refractivity contribution is 0.0438. The number of hydrogen-bond acceptors (Lipinski definition) is 6. The highest BCUT2D eigenvalue weighted by atomic mass is 32.1. The average molecular weight is 402 g/mol. The lowest BCUT2D eigenvalue weighted by Crippen LogP contribution is -2.10. The second-order valence-electron chi connectivity index (χ2n) is 7.03. The van der Waals surface area contributed by atoms with E-state index in [1.807, 2.05) is 37.3 Å². The van der Waals surface area contributed by atoms with E-state index in [4.69, 9.17) is 14.2 Å². The second-order valence-corrected chi connectivity index (χ2v) is 8.01. The van der Waals surface area contributed by atoms with Gasteiger partial charge in [0.05, 0.1) is 22.5 Å². The van der Waals surface area contributed by atoms with Gasteiger partial charge in [0.15, 0.2) is 12.4 Å². The molecular weight excluding hydrogens is 384 g/mol. The number of esters is 1. The first-order valence-electron chi connectivity index (χ1n) is 9.44. The van der Waals surface area contributed by atoms with Gasteiger partial charge in [0, 0.05) is 16.3 Å². The van der Waals surface area contributed by atoms with Crippen LogP contribution >= 0.6 is 11.3 Å². The van der Waals surface area contributed by atoms with E-state index in [0.717, 1.165) is 46.3 Å². The minimum Gasteiger partial charge on any atom is -0.454 e. The van der Waals surface area contributed by atoms with Crippen molar-refractivity contribution in [2.75, 3.05) is 0 Å². The summed E-state index contributed by atoms with van der Waals surface area (Å²) in [5, 5.41) is 6.72. The van der Waals surface area contributed by atoms with Crippen LogP contribution in [0.5, 0.6) is 0 Å². The van der Waals surface area contributed by atoms with Crippen LogP contribution in [-0.4, -0.2) is 16.1 Å². The van der Waals surface area contributed by atoms with Gasteiger partial charge in [0.1, 0.15) is 0 Å². The van der Waals surface area contributed by atoms with E-state index in [0.29, 0.717) is 11.3 Å². The molecule has 0 radical (unpaired) electrons. The van der Waals surface area contributed by atoms with Crippen LogP contribution < -0.4 is 0 Å². The Morgan fingerprint density at radius 2 is 2.14 bits per heavy atom. The van der Waals surface area contributed by atoms with Crippen LogP contribution in [-0.2, 0) is 17.8 Å². The topological polar surface area (TPSA) is 65.2 Å². The zero-order valence-corrected chi connectivity index (χ0v) is 16.7. The molecule has 29 heavy (non-hydrogen) atoms. The zero-order chi connectivity index (χ0) is 19.8. The minimum absolute atomic E-state index is 0.0585. The molecule has 0 spiro atoms. The third-order valence-corrected chi connectivity index (χ3v) is 5.85. The number of carbonyl (C=O) groups excluding carboxylic acids is 1. The first-order valence-corrected chi connectivity index (χ1v) is 10.3. The van der Waals surface area contributed by atoms with Gasteiger partial charge in [-0.2, -0.15) is 0 Å². The highest BCUT2D eigenvalue weighted by Gasteiger charge is 2.27.